The van der Waals surface area contributed by atoms with Crippen LogP contribution in [-0.4, -0.2) is 69.0 Å². The highest BCUT2D eigenvalue weighted by Gasteiger charge is 2.32. The van der Waals surface area contributed by atoms with Crippen molar-refractivity contribution in [3.05, 3.63) is 65.9 Å². The maximum atomic E-state index is 13.7. The number of aliphatic carboxylic acids is 1. The van der Waals surface area contributed by atoms with Crippen molar-refractivity contribution < 1.29 is 34.2 Å². The highest BCUT2D eigenvalue weighted by molar-refractivity contribution is 5.96. The summed E-state index contributed by atoms with van der Waals surface area (Å²) in [6.07, 6.45) is 1.70. The molecule has 13 heteroatoms. The van der Waals surface area contributed by atoms with Gasteiger partial charge in [0.15, 0.2) is 0 Å². The van der Waals surface area contributed by atoms with Crippen molar-refractivity contribution >= 4 is 40.5 Å². The van der Waals surface area contributed by atoms with E-state index in [9.17, 15) is 34.2 Å². The minimum atomic E-state index is -1.31. The first kappa shape index (κ1) is 32.6. The number of carbonyl (C=O) groups is 5. The lowest BCUT2D eigenvalue weighted by Crippen LogP contribution is -2.58. The molecule has 3 rings (SSSR count). The van der Waals surface area contributed by atoms with E-state index in [0.717, 1.165) is 10.9 Å². The fraction of sp³-hybridized carbons (Fsp3) is 0.367. The summed E-state index contributed by atoms with van der Waals surface area (Å²) in [4.78, 5) is 66.4. The number of fused-ring (bicyclic) bond motifs is 1. The van der Waals surface area contributed by atoms with Gasteiger partial charge in [-0.15, -0.1) is 0 Å². The van der Waals surface area contributed by atoms with Gasteiger partial charge >= 0.3 is 5.97 Å². The van der Waals surface area contributed by atoms with Crippen LogP contribution in [0.25, 0.3) is 10.9 Å². The predicted molar refractivity (Wildman–Crippen MR) is 158 cm³/mol. The molecular weight excluding hydrogens is 556 g/mol. The van der Waals surface area contributed by atoms with E-state index in [0.29, 0.717) is 17.5 Å². The Hall–Kier alpha value is -4.91. The predicted octanol–water partition coefficient (Wildman–Crippen LogP) is 0.447. The Morgan fingerprint density at radius 3 is 2.12 bits per heavy atom. The number of rotatable bonds is 15. The van der Waals surface area contributed by atoms with Crippen LogP contribution in [0.3, 0.4) is 0 Å². The van der Waals surface area contributed by atoms with Crippen molar-refractivity contribution in [3.63, 3.8) is 0 Å². The van der Waals surface area contributed by atoms with Crippen LogP contribution in [0.15, 0.2) is 54.7 Å². The molecule has 0 aliphatic rings. The lowest BCUT2D eigenvalue weighted by atomic mass is 9.97. The van der Waals surface area contributed by atoms with Gasteiger partial charge < -0.3 is 42.6 Å². The van der Waals surface area contributed by atoms with Gasteiger partial charge in [-0.2, -0.15) is 0 Å². The smallest absolute Gasteiger partial charge is 0.326 e. The number of hydrogen-bond donors (Lipinski definition) is 8. The number of carbonyl (C=O) groups excluding carboxylic acids is 4. The summed E-state index contributed by atoms with van der Waals surface area (Å²) < 4.78 is 0. The van der Waals surface area contributed by atoms with E-state index < -0.39 is 66.1 Å². The fourth-order valence-corrected chi connectivity index (χ4v) is 4.60. The summed E-state index contributed by atoms with van der Waals surface area (Å²) >= 11 is 0. The number of hydrogen-bond acceptors (Lipinski definition) is 7. The number of H-pyrrole nitrogens is 1. The van der Waals surface area contributed by atoms with Crippen LogP contribution in [0.4, 0.5) is 0 Å². The molecule has 4 amide bonds. The zero-order valence-corrected chi connectivity index (χ0v) is 24.0. The molecule has 1 heterocycles. The van der Waals surface area contributed by atoms with Crippen LogP contribution in [-0.2, 0) is 36.8 Å². The quantitative estimate of drug-likeness (QED) is 0.123. The molecule has 13 nitrogen and oxygen atoms in total. The molecule has 0 saturated heterocycles. The van der Waals surface area contributed by atoms with Gasteiger partial charge in [0.1, 0.15) is 23.9 Å². The number of benzene rings is 2. The zero-order chi connectivity index (χ0) is 31.7. The third kappa shape index (κ3) is 9.04. The summed E-state index contributed by atoms with van der Waals surface area (Å²) in [6.45, 7) is 3.48. The summed E-state index contributed by atoms with van der Waals surface area (Å²) in [5.74, 6) is -4.67. The van der Waals surface area contributed by atoms with Crippen LogP contribution in [0.1, 0.15) is 37.8 Å². The summed E-state index contributed by atoms with van der Waals surface area (Å²) in [5.41, 5.74) is 13.1. The second kappa shape index (κ2) is 14.8. The molecule has 0 aliphatic heterocycles. The average Bonchev–Trinajstić information content (AvgIpc) is 3.37. The van der Waals surface area contributed by atoms with Gasteiger partial charge in [0.2, 0.25) is 23.6 Å². The minimum absolute atomic E-state index is 0.00302. The van der Waals surface area contributed by atoms with E-state index in [1.165, 1.54) is 12.1 Å². The second-order valence-corrected chi connectivity index (χ2v) is 10.5. The van der Waals surface area contributed by atoms with Crippen molar-refractivity contribution in [2.45, 2.75) is 63.7 Å². The lowest BCUT2D eigenvalue weighted by Gasteiger charge is -2.26. The van der Waals surface area contributed by atoms with Gasteiger partial charge in [-0.25, -0.2) is 4.79 Å². The number of amides is 4. The molecule has 0 radical (unpaired) electrons. The Morgan fingerprint density at radius 2 is 1.49 bits per heavy atom. The SMILES string of the molecule is CCC(C)C(NC(=O)C(Cc1ccc(O)cc1)NC(=O)C(Cc1c[nH]c2ccccc12)NC(=O)C(N)CC(N)=O)C(=O)O. The molecule has 0 fully saturated rings. The molecule has 5 unspecified atom stereocenters. The molecule has 5 atom stereocenters. The highest BCUT2D eigenvalue weighted by Crippen LogP contribution is 2.20. The Balaban J connectivity index is 1.92. The molecule has 0 bridgehead atoms. The van der Waals surface area contributed by atoms with Crippen molar-refractivity contribution in [3.8, 4) is 5.75 Å². The van der Waals surface area contributed by atoms with Gasteiger partial charge in [0.05, 0.1) is 12.5 Å². The van der Waals surface area contributed by atoms with Gasteiger partial charge in [-0.3, -0.25) is 19.2 Å². The first-order chi connectivity index (χ1) is 20.4. The number of carboxylic acids is 1. The Kier molecular flexibility index (Phi) is 11.2. The number of phenolic OH excluding ortho intramolecular Hbond substituents is 1. The van der Waals surface area contributed by atoms with Gasteiger partial charge in [0.25, 0.3) is 0 Å². The second-order valence-electron chi connectivity index (χ2n) is 10.5. The van der Waals surface area contributed by atoms with E-state index >= 15 is 0 Å². The van der Waals surface area contributed by atoms with E-state index in [-0.39, 0.29) is 18.6 Å². The van der Waals surface area contributed by atoms with E-state index in [1.54, 1.807) is 32.2 Å². The first-order valence-electron chi connectivity index (χ1n) is 13.9. The number of carboxylic acid groups (broad SMARTS) is 1. The van der Waals surface area contributed by atoms with Crippen molar-refractivity contribution in [1.82, 2.24) is 20.9 Å². The van der Waals surface area contributed by atoms with Crippen LogP contribution >= 0.6 is 0 Å². The molecule has 0 aliphatic carbocycles. The summed E-state index contributed by atoms with van der Waals surface area (Å²) in [6, 6.07) is 8.36. The van der Waals surface area contributed by atoms with Gasteiger partial charge in [0, 0.05) is 29.9 Å². The molecule has 230 valence electrons. The fourth-order valence-electron chi connectivity index (χ4n) is 4.60. The molecule has 1 aromatic heterocycles. The van der Waals surface area contributed by atoms with Gasteiger partial charge in [-0.05, 0) is 35.2 Å². The Labute approximate surface area is 248 Å². The van der Waals surface area contributed by atoms with Crippen LogP contribution < -0.4 is 27.4 Å². The maximum absolute atomic E-state index is 13.7. The highest BCUT2D eigenvalue weighted by atomic mass is 16.4. The van der Waals surface area contributed by atoms with Crippen molar-refractivity contribution in [2.75, 3.05) is 0 Å². The lowest BCUT2D eigenvalue weighted by molar-refractivity contribution is -0.143. The molecule has 10 N–H and O–H groups in total. The minimum Gasteiger partial charge on any atom is -0.508 e. The molecular formula is C30H38N6O7. The number of phenols is 1. The number of aromatic amines is 1. The number of primary amides is 1. The number of aromatic nitrogens is 1. The summed E-state index contributed by atoms with van der Waals surface area (Å²) in [5, 5.41) is 28.0. The van der Waals surface area contributed by atoms with Crippen LogP contribution in [0.2, 0.25) is 0 Å². The van der Waals surface area contributed by atoms with Gasteiger partial charge in [-0.1, -0.05) is 50.6 Å². The van der Waals surface area contributed by atoms with E-state index in [1.807, 2.05) is 24.3 Å². The normalized spacial score (nSPS) is 14.6. The molecule has 43 heavy (non-hydrogen) atoms. The Bertz CT molecular complexity index is 1450. The maximum Gasteiger partial charge on any atom is 0.326 e. The number of para-hydroxylation sites is 1. The summed E-state index contributed by atoms with van der Waals surface area (Å²) in [7, 11) is 0. The molecule has 0 spiro atoms. The molecule has 0 saturated carbocycles. The van der Waals surface area contributed by atoms with E-state index in [2.05, 4.69) is 20.9 Å². The monoisotopic (exact) mass is 594 g/mol. The first-order valence-corrected chi connectivity index (χ1v) is 13.9. The number of aromatic hydroxyl groups is 1. The molecule has 3 aromatic rings. The third-order valence-corrected chi connectivity index (χ3v) is 7.28. The van der Waals surface area contributed by atoms with E-state index in [4.69, 9.17) is 11.5 Å². The number of nitrogens with two attached hydrogens (primary N) is 2. The number of nitrogens with one attached hydrogen (secondary N) is 4. The standard InChI is InChI=1S/C30H38N6O7/c1-3-16(2)26(30(42)43)36-29(41)23(12-17-8-10-19(37)11-9-17)35-28(40)24(34-27(39)21(31)14-25(32)38)13-18-15-33-22-7-5-4-6-20(18)22/h4-11,15-16,21,23-24,26,33,37H,3,12-14,31H2,1-2H3,(H2,32,38)(H,34,39)(H,35,40)(H,36,41)(H,42,43). The van der Waals surface area contributed by atoms with Crippen LogP contribution in [0.5, 0.6) is 5.75 Å². The van der Waals surface area contributed by atoms with Crippen LogP contribution in [0, 0.1) is 5.92 Å². The largest absolute Gasteiger partial charge is 0.508 e. The Morgan fingerprint density at radius 1 is 0.884 bits per heavy atom. The van der Waals surface area contributed by atoms with Crippen molar-refractivity contribution in [1.29, 1.82) is 0 Å². The zero-order valence-electron chi connectivity index (χ0n) is 24.0. The third-order valence-electron chi connectivity index (χ3n) is 7.28. The average molecular weight is 595 g/mol. The topological polar surface area (TPSA) is 230 Å². The van der Waals surface area contributed by atoms with Crippen molar-refractivity contribution in [2.24, 2.45) is 17.4 Å². The molecule has 2 aromatic carbocycles.